The highest BCUT2D eigenvalue weighted by Gasteiger charge is 2.48. The molecule has 0 aromatic carbocycles. The molecule has 0 aliphatic heterocycles. The molecule has 1 atom stereocenters. The van der Waals surface area contributed by atoms with Crippen molar-refractivity contribution in [2.75, 3.05) is 14.2 Å². The fourth-order valence-electron chi connectivity index (χ4n) is 1.17. The van der Waals surface area contributed by atoms with Gasteiger partial charge >= 0.3 is 17.9 Å². The molecule has 1 unspecified atom stereocenters. The van der Waals surface area contributed by atoms with E-state index in [-0.39, 0.29) is 6.42 Å². The molecular formula is C9H14O6. The van der Waals surface area contributed by atoms with Crippen molar-refractivity contribution in [1.82, 2.24) is 0 Å². The van der Waals surface area contributed by atoms with Gasteiger partial charge in [-0.15, -0.1) is 0 Å². The molecule has 1 N–H and O–H groups in total. The number of aliphatic carboxylic acids is 1. The van der Waals surface area contributed by atoms with Crippen molar-refractivity contribution in [1.29, 1.82) is 0 Å². The van der Waals surface area contributed by atoms with E-state index in [2.05, 4.69) is 9.47 Å². The summed E-state index contributed by atoms with van der Waals surface area (Å²) in [7, 11) is 2.20. The lowest BCUT2D eigenvalue weighted by molar-refractivity contribution is -0.172. The first-order valence-corrected chi connectivity index (χ1v) is 4.33. The Morgan fingerprint density at radius 3 is 2.00 bits per heavy atom. The average Bonchev–Trinajstić information content (AvgIpc) is 2.23. The number of carbonyl (C=O) groups is 3. The van der Waals surface area contributed by atoms with Gasteiger partial charge in [-0.2, -0.15) is 0 Å². The fourth-order valence-corrected chi connectivity index (χ4v) is 1.17. The summed E-state index contributed by atoms with van der Waals surface area (Å²) in [5.41, 5.74) is -1.85. The molecule has 0 bridgehead atoms. The zero-order valence-electron chi connectivity index (χ0n) is 8.90. The third-order valence-corrected chi connectivity index (χ3v) is 2.26. The van der Waals surface area contributed by atoms with Gasteiger partial charge in [0.1, 0.15) is 0 Å². The van der Waals surface area contributed by atoms with Gasteiger partial charge in [0.2, 0.25) is 0 Å². The molecule has 0 aromatic rings. The monoisotopic (exact) mass is 218 g/mol. The van der Waals surface area contributed by atoms with Crippen LogP contribution in [0.3, 0.4) is 0 Å². The van der Waals surface area contributed by atoms with Crippen molar-refractivity contribution in [3.63, 3.8) is 0 Å². The summed E-state index contributed by atoms with van der Waals surface area (Å²) in [6.45, 7) is 1.49. The topological polar surface area (TPSA) is 89.9 Å². The molecule has 0 heterocycles. The third-order valence-electron chi connectivity index (χ3n) is 2.26. The Bertz CT molecular complexity index is 272. The van der Waals surface area contributed by atoms with E-state index in [0.29, 0.717) is 0 Å². The van der Waals surface area contributed by atoms with E-state index in [4.69, 9.17) is 5.11 Å². The zero-order valence-corrected chi connectivity index (χ0v) is 8.90. The van der Waals surface area contributed by atoms with Crippen LogP contribution in [0.5, 0.6) is 0 Å². The number of rotatable bonds is 5. The molecule has 0 aromatic heterocycles. The van der Waals surface area contributed by atoms with Crippen LogP contribution in [-0.4, -0.2) is 37.2 Å². The summed E-state index contributed by atoms with van der Waals surface area (Å²) < 4.78 is 8.73. The van der Waals surface area contributed by atoms with Crippen molar-refractivity contribution in [3.8, 4) is 0 Å². The van der Waals surface area contributed by atoms with Gasteiger partial charge in [0, 0.05) is 0 Å². The maximum Gasteiger partial charge on any atom is 0.323 e. The van der Waals surface area contributed by atoms with E-state index in [1.54, 1.807) is 0 Å². The van der Waals surface area contributed by atoms with Crippen molar-refractivity contribution < 1.29 is 29.0 Å². The highest BCUT2D eigenvalue weighted by Crippen LogP contribution is 2.29. The smallest absolute Gasteiger partial charge is 0.323 e. The largest absolute Gasteiger partial charge is 0.480 e. The van der Waals surface area contributed by atoms with Crippen LogP contribution < -0.4 is 0 Å². The molecule has 6 nitrogen and oxygen atoms in total. The molecule has 0 aliphatic rings. The maximum atomic E-state index is 11.3. The molecule has 15 heavy (non-hydrogen) atoms. The van der Waals surface area contributed by atoms with Gasteiger partial charge < -0.3 is 14.6 Å². The number of methoxy groups -OCH3 is 2. The van der Waals surface area contributed by atoms with E-state index in [0.717, 1.165) is 14.2 Å². The molecule has 0 spiro atoms. The van der Waals surface area contributed by atoms with Crippen molar-refractivity contribution in [3.05, 3.63) is 0 Å². The van der Waals surface area contributed by atoms with Crippen LogP contribution in [0.2, 0.25) is 0 Å². The molecule has 86 valence electrons. The lowest BCUT2D eigenvalue weighted by atomic mass is 9.82. The number of carboxylic acids is 1. The number of ether oxygens (including phenoxy) is 2. The standard InChI is InChI=1S/C9H14O6/c1-4-9(7(11)12,8(13)15-3)5-6(10)14-2/h4-5H2,1-3H3,(H,11,12). The first kappa shape index (κ1) is 13.4. The SMILES string of the molecule is CCC(CC(=O)OC)(C(=O)O)C(=O)OC. The van der Waals surface area contributed by atoms with Crippen LogP contribution >= 0.6 is 0 Å². The van der Waals surface area contributed by atoms with E-state index >= 15 is 0 Å². The summed E-state index contributed by atoms with van der Waals surface area (Å²) in [4.78, 5) is 33.4. The van der Waals surface area contributed by atoms with Crippen LogP contribution in [-0.2, 0) is 23.9 Å². The minimum absolute atomic E-state index is 0.0376. The van der Waals surface area contributed by atoms with E-state index in [9.17, 15) is 14.4 Å². The van der Waals surface area contributed by atoms with Gasteiger partial charge in [-0.1, -0.05) is 6.92 Å². The Kier molecular flexibility index (Phi) is 4.77. The lowest BCUT2D eigenvalue weighted by Gasteiger charge is -2.23. The summed E-state index contributed by atoms with van der Waals surface area (Å²) >= 11 is 0. The second-order valence-electron chi connectivity index (χ2n) is 2.99. The Balaban J connectivity index is 5.07. The molecular weight excluding hydrogens is 204 g/mol. The quantitative estimate of drug-likeness (QED) is 0.523. The van der Waals surface area contributed by atoms with Crippen molar-refractivity contribution in [2.45, 2.75) is 19.8 Å². The molecule has 0 saturated heterocycles. The minimum atomic E-state index is -1.85. The van der Waals surface area contributed by atoms with Gasteiger partial charge in [-0.25, -0.2) is 0 Å². The highest BCUT2D eigenvalue weighted by molar-refractivity contribution is 6.02. The molecule has 0 saturated carbocycles. The maximum absolute atomic E-state index is 11.3. The minimum Gasteiger partial charge on any atom is -0.480 e. The second-order valence-corrected chi connectivity index (χ2v) is 2.99. The summed E-state index contributed by atoms with van der Waals surface area (Å²) in [6.07, 6.45) is -0.563. The number of hydrogen-bond donors (Lipinski definition) is 1. The van der Waals surface area contributed by atoms with Crippen LogP contribution in [0.1, 0.15) is 19.8 Å². The normalized spacial score (nSPS) is 13.8. The van der Waals surface area contributed by atoms with Crippen molar-refractivity contribution >= 4 is 17.9 Å². The predicted molar refractivity (Wildman–Crippen MR) is 49.0 cm³/mol. The highest BCUT2D eigenvalue weighted by atomic mass is 16.5. The fraction of sp³-hybridized carbons (Fsp3) is 0.667. The van der Waals surface area contributed by atoms with Gasteiger partial charge in [0.15, 0.2) is 5.41 Å². The first-order valence-electron chi connectivity index (χ1n) is 4.33. The van der Waals surface area contributed by atoms with Crippen LogP contribution in [0, 0.1) is 5.41 Å². The Labute approximate surface area is 87.2 Å². The first-order chi connectivity index (χ1) is 6.94. The Hall–Kier alpha value is -1.59. The molecule has 0 aliphatic carbocycles. The number of carboxylic acid groups (broad SMARTS) is 1. The number of esters is 2. The molecule has 0 rings (SSSR count). The zero-order chi connectivity index (χ0) is 12.1. The van der Waals surface area contributed by atoms with E-state index < -0.39 is 29.7 Å². The van der Waals surface area contributed by atoms with Gasteiger partial charge in [0.05, 0.1) is 20.6 Å². The second kappa shape index (κ2) is 5.33. The van der Waals surface area contributed by atoms with Crippen LogP contribution in [0.25, 0.3) is 0 Å². The Morgan fingerprint density at radius 2 is 1.73 bits per heavy atom. The van der Waals surface area contributed by atoms with E-state index in [1.165, 1.54) is 6.92 Å². The summed E-state index contributed by atoms with van der Waals surface area (Å²) in [5.74, 6) is -3.09. The van der Waals surface area contributed by atoms with Crippen molar-refractivity contribution in [2.24, 2.45) is 5.41 Å². The molecule has 0 radical (unpaired) electrons. The van der Waals surface area contributed by atoms with Gasteiger partial charge in [-0.05, 0) is 6.42 Å². The molecule has 6 heteroatoms. The predicted octanol–water partition coefficient (Wildman–Crippen LogP) is 0.203. The van der Waals surface area contributed by atoms with E-state index in [1.807, 2.05) is 0 Å². The van der Waals surface area contributed by atoms with Gasteiger partial charge in [-0.3, -0.25) is 14.4 Å². The third kappa shape index (κ3) is 2.68. The van der Waals surface area contributed by atoms with Crippen LogP contribution in [0.4, 0.5) is 0 Å². The lowest BCUT2D eigenvalue weighted by Crippen LogP contribution is -2.41. The average molecular weight is 218 g/mol. The summed E-state index contributed by atoms with van der Waals surface area (Å²) in [5, 5.41) is 8.96. The molecule has 0 amide bonds. The molecule has 0 fully saturated rings. The van der Waals surface area contributed by atoms with Gasteiger partial charge in [0.25, 0.3) is 0 Å². The summed E-state index contributed by atoms with van der Waals surface area (Å²) in [6, 6.07) is 0. The van der Waals surface area contributed by atoms with Crippen LogP contribution in [0.15, 0.2) is 0 Å². The number of carbonyl (C=O) groups excluding carboxylic acids is 2. The number of hydrogen-bond acceptors (Lipinski definition) is 5. The Morgan fingerprint density at radius 1 is 1.20 bits per heavy atom.